The zero-order chi connectivity index (χ0) is 74.2. The molecule has 0 aliphatic carbocycles. The van der Waals surface area contributed by atoms with Crippen molar-refractivity contribution in [2.24, 2.45) is 11.8 Å². The number of pyridine rings is 3. The van der Waals surface area contributed by atoms with Gasteiger partial charge in [0, 0.05) is 136 Å². The van der Waals surface area contributed by atoms with Crippen molar-refractivity contribution in [1.29, 1.82) is 0 Å². The van der Waals surface area contributed by atoms with Gasteiger partial charge in [0.1, 0.15) is 29.1 Å². The van der Waals surface area contributed by atoms with Gasteiger partial charge in [-0.3, -0.25) is 0 Å². The Bertz CT molecular complexity index is 3670. The standard InChI is InChI=1S/C27H37N5O3.C20H28BF3N2O3.C13H18IN3O2.C9H10FIN2O.C4H9NO.H2S/c1-4-20-7-8-31(16-20)26(33)28-22-6-5-19(2)23(15-22)21-13-24(30-9-11-35-12-10-30)29-25(14-21)32-17-27(3,34)18-32;1-13-6-7-15(10-16(13)21-28-18(2,3)19(4,5)29-21)25-17(27)26-9-8-14(12-26)11-20(22,23)24;1-13(18)8-17(9-13)12-7-10(14)6-11(15-12)16-2-4-19-5-3-16;10-8-5-7(11)6-9(12-8)13-1-3-14-4-2-13;1-4(6)2-5-3-4;/h5-6,13-15,20,34H,4,7-12,16-18H2,1-3H3,(H,28,33);6-7,10,14H,8-9,11-12H2,1-5H3,(H,25,27);6-7,18H,2-5,8-9H2,1H3;5-6H,1-4H2;5-6H,2-3H2,1H3;1H2/t20-;14-;;;;/m10..../s1. The number of halogens is 6. The number of alkyl halides is 3. The van der Waals surface area contributed by atoms with Crippen LogP contribution < -0.4 is 45.9 Å². The normalized spacial score (nSPS) is 21.9. The van der Waals surface area contributed by atoms with Crippen LogP contribution in [0.5, 0.6) is 0 Å². The van der Waals surface area contributed by atoms with Gasteiger partial charge in [-0.2, -0.15) is 31.1 Å². The van der Waals surface area contributed by atoms with Gasteiger partial charge in [0.05, 0.1) is 67.6 Å². The number of ether oxygens (including phenoxy) is 3. The first-order valence-electron chi connectivity index (χ1n) is 35.7. The highest BCUT2D eigenvalue weighted by atomic mass is 127. The third-order valence-electron chi connectivity index (χ3n) is 20.2. The molecule has 0 spiro atoms. The number of nitrogens with zero attached hydrogens (tertiary/aromatic N) is 10. The van der Waals surface area contributed by atoms with Crippen molar-refractivity contribution in [3.8, 4) is 11.1 Å². The minimum atomic E-state index is -4.20. The number of nitrogens with one attached hydrogen (secondary N) is 3. The van der Waals surface area contributed by atoms with Gasteiger partial charge in [-0.25, -0.2) is 24.5 Å². The Kier molecular flexibility index (Phi) is 28.1. The van der Waals surface area contributed by atoms with Gasteiger partial charge < -0.3 is 89.1 Å². The lowest BCUT2D eigenvalue weighted by Gasteiger charge is -2.45. The van der Waals surface area contributed by atoms with Crippen LogP contribution in [-0.2, 0) is 23.5 Å². The molecule has 6 N–H and O–H groups in total. The molecule has 23 nitrogen and oxygen atoms in total. The summed E-state index contributed by atoms with van der Waals surface area (Å²) in [6.07, 6.45) is -2.50. The van der Waals surface area contributed by atoms with Crippen molar-refractivity contribution in [3.05, 3.63) is 97.0 Å². The van der Waals surface area contributed by atoms with Gasteiger partial charge in [-0.1, -0.05) is 31.0 Å². The summed E-state index contributed by atoms with van der Waals surface area (Å²) in [5, 5.41) is 37.8. The number of aryl methyl sites for hydroxylation is 2. The van der Waals surface area contributed by atoms with E-state index in [0.29, 0.717) is 83.0 Å². The van der Waals surface area contributed by atoms with Gasteiger partial charge in [0.15, 0.2) is 0 Å². The third kappa shape index (κ3) is 22.9. The van der Waals surface area contributed by atoms with E-state index in [1.807, 2.05) is 83.4 Å². The molecule has 12 heterocycles. The quantitative estimate of drug-likeness (QED) is 0.0312. The minimum absolute atomic E-state index is 0. The molecule has 31 heteroatoms. The highest BCUT2D eigenvalue weighted by molar-refractivity contribution is 14.1. The van der Waals surface area contributed by atoms with Crippen LogP contribution in [0.4, 0.5) is 67.6 Å². The number of carbonyl (C=O) groups is 2. The molecular formula is C73H104BF4I2N13O10S. The number of amides is 4. The molecule has 9 fully saturated rings. The van der Waals surface area contributed by atoms with E-state index in [0.717, 1.165) is 152 Å². The molecule has 9 saturated heterocycles. The highest BCUT2D eigenvalue weighted by Crippen LogP contribution is 2.39. The summed E-state index contributed by atoms with van der Waals surface area (Å²) in [6, 6.07) is 22.8. The Hall–Kier alpha value is -5.34. The summed E-state index contributed by atoms with van der Waals surface area (Å²) in [5.74, 6) is 4.10. The number of rotatable bonds is 11. The first-order valence-corrected chi connectivity index (χ1v) is 37.9. The molecule has 0 saturated carbocycles. The monoisotopic (exact) mass is 1700 g/mol. The van der Waals surface area contributed by atoms with Crippen LogP contribution >= 0.6 is 58.7 Å². The van der Waals surface area contributed by atoms with Crippen LogP contribution in [0.3, 0.4) is 0 Å². The van der Waals surface area contributed by atoms with E-state index in [2.05, 4.69) is 136 Å². The Morgan fingerprint density at radius 1 is 0.567 bits per heavy atom. The van der Waals surface area contributed by atoms with Crippen LogP contribution in [-0.4, -0.2) is 238 Å². The van der Waals surface area contributed by atoms with Gasteiger partial charge in [0.2, 0.25) is 5.95 Å². The largest absolute Gasteiger partial charge is 0.495 e. The second-order valence-electron chi connectivity index (χ2n) is 30.1. The number of hydrogen-bond acceptors (Lipinski definition) is 19. The molecule has 2 atom stereocenters. The average molecular weight is 1700 g/mol. The zero-order valence-electron chi connectivity index (χ0n) is 61.5. The van der Waals surface area contributed by atoms with Crippen LogP contribution in [0.15, 0.2) is 72.8 Å². The van der Waals surface area contributed by atoms with E-state index in [9.17, 15) is 37.4 Å². The Balaban J connectivity index is 0.000000163. The lowest BCUT2D eigenvalue weighted by molar-refractivity contribution is -0.143. The van der Waals surface area contributed by atoms with E-state index in [-0.39, 0.29) is 31.7 Å². The number of aromatic nitrogens is 3. The van der Waals surface area contributed by atoms with Crippen LogP contribution in [0.1, 0.15) is 92.2 Å². The lowest BCUT2D eigenvalue weighted by Crippen LogP contribution is -2.60. The topological polar surface area (TPSA) is 238 Å². The molecule has 0 unspecified atom stereocenters. The molecule has 2 aromatic carbocycles. The molecule has 104 heavy (non-hydrogen) atoms. The second kappa shape index (κ2) is 35.4. The molecule has 9 aliphatic heterocycles. The van der Waals surface area contributed by atoms with Crippen LogP contribution in [0.25, 0.3) is 11.1 Å². The van der Waals surface area contributed by atoms with E-state index >= 15 is 0 Å². The maximum Gasteiger partial charge on any atom is 0.495 e. The first-order chi connectivity index (χ1) is 48.6. The van der Waals surface area contributed by atoms with E-state index in [1.165, 1.54) is 14.5 Å². The number of hydrogen-bond donors (Lipinski definition) is 6. The van der Waals surface area contributed by atoms with E-state index in [1.54, 1.807) is 12.1 Å². The number of benzene rings is 2. The molecule has 14 rings (SSSR count). The Morgan fingerprint density at radius 3 is 1.38 bits per heavy atom. The summed E-state index contributed by atoms with van der Waals surface area (Å²) < 4.78 is 81.1. The predicted octanol–water partition coefficient (Wildman–Crippen LogP) is 10.0. The Morgan fingerprint density at radius 2 is 0.962 bits per heavy atom. The SMILES string of the molecule is CC1(O)CN(c2cc(I)cc(N3CCOCC3)n2)C1.CC1(O)CNC1.CC[C@@H]1CCN(C(=O)Nc2ccc(C)c(-c3cc(N4CCOCC4)nc(N4CC(C)(O)C4)c3)c2)C1.Cc1ccc(NC(=O)N2CC[C@@H](CC(F)(F)F)C2)cc1B1OC(C)(C)C(C)(C)O1.Fc1cc(I)cc(N2CCOCC2)n1.S. The number of morpholine rings is 3. The molecule has 572 valence electrons. The van der Waals surface area contributed by atoms with Crippen molar-refractivity contribution in [3.63, 3.8) is 0 Å². The molecular weight excluding hydrogens is 1590 g/mol. The lowest BCUT2D eigenvalue weighted by atomic mass is 9.76. The smallest absolute Gasteiger partial charge is 0.399 e. The molecule has 4 amide bonds. The summed E-state index contributed by atoms with van der Waals surface area (Å²) in [5.41, 5.74) is 3.81. The van der Waals surface area contributed by atoms with Gasteiger partial charge in [-0.15, -0.1) is 0 Å². The summed E-state index contributed by atoms with van der Waals surface area (Å²) >= 11 is 4.41. The number of carbonyl (C=O) groups excluding carboxylic acids is 2. The van der Waals surface area contributed by atoms with Crippen molar-refractivity contribution in [2.75, 3.05) is 179 Å². The van der Waals surface area contributed by atoms with E-state index < -0.39 is 60.0 Å². The molecule has 0 bridgehead atoms. The van der Waals surface area contributed by atoms with E-state index in [4.69, 9.17) is 38.6 Å². The summed E-state index contributed by atoms with van der Waals surface area (Å²) in [7, 11) is -0.556. The average Bonchev–Trinajstić information content (AvgIpc) is 1.44. The summed E-state index contributed by atoms with van der Waals surface area (Å²) in [6.45, 7) is 34.9. The maximum absolute atomic E-state index is 13.0. The van der Waals surface area contributed by atoms with Gasteiger partial charge in [0.25, 0.3) is 0 Å². The van der Waals surface area contributed by atoms with Crippen molar-refractivity contribution in [1.82, 2.24) is 30.1 Å². The minimum Gasteiger partial charge on any atom is -0.399 e. The number of β-amino-alcohol motifs (C(OH)–C–C–N with tert-alkyl or cyclic N) is 3. The highest BCUT2D eigenvalue weighted by Gasteiger charge is 2.52. The number of urea groups is 2. The van der Waals surface area contributed by atoms with Crippen molar-refractivity contribution >= 4 is 124 Å². The molecule has 9 aliphatic rings. The fourth-order valence-corrected chi connectivity index (χ4v) is 14.4. The fraction of sp³-hybridized carbons (Fsp3) is 0.603. The predicted molar refractivity (Wildman–Crippen MR) is 422 cm³/mol. The zero-order valence-corrected chi connectivity index (χ0v) is 66.8. The third-order valence-corrected chi connectivity index (χ3v) is 21.4. The van der Waals surface area contributed by atoms with Crippen molar-refractivity contribution < 1.29 is 66.0 Å². The number of likely N-dealkylation sites (tertiary alicyclic amines) is 2. The maximum atomic E-state index is 13.0. The van der Waals surface area contributed by atoms with Crippen LogP contribution in [0, 0.1) is 38.8 Å². The van der Waals surface area contributed by atoms with Crippen molar-refractivity contribution in [2.45, 2.75) is 129 Å². The molecule has 5 aromatic rings. The second-order valence-corrected chi connectivity index (χ2v) is 32.6. The first kappa shape index (κ1) is 82.7. The fourth-order valence-electron chi connectivity index (χ4n) is 13.3. The number of aliphatic hydroxyl groups is 3. The summed E-state index contributed by atoms with van der Waals surface area (Å²) in [4.78, 5) is 53.1. The number of anilines is 7. The molecule has 3 aromatic heterocycles. The molecule has 0 radical (unpaired) electrons. The van der Waals surface area contributed by atoms with Gasteiger partial charge >= 0.3 is 25.4 Å². The van der Waals surface area contributed by atoms with Gasteiger partial charge in [-0.05, 0) is 209 Å². The van der Waals surface area contributed by atoms with Crippen LogP contribution in [0.2, 0.25) is 0 Å². The Labute approximate surface area is 644 Å².